The van der Waals surface area contributed by atoms with Crippen LogP contribution in [0, 0.1) is 53.7 Å². The maximum atomic E-state index is 6.05. The summed E-state index contributed by atoms with van der Waals surface area (Å²) in [5, 5.41) is 0. The van der Waals surface area contributed by atoms with Crippen LogP contribution >= 0.6 is 0 Å². The van der Waals surface area contributed by atoms with Gasteiger partial charge in [0, 0.05) is 0 Å². The SMILES string of the molecule is Cc1cc(C)c(C2CN=C(c3[c-]cccc3)O2)c(C)c1.Cc1cc(C)c(C2CN=C(c3[c-]cccc3)O2)c(C)c1.[Pt+2]. The minimum Gasteiger partial charge on any atom is -0.510 e. The molecule has 4 aromatic carbocycles. The van der Waals surface area contributed by atoms with Gasteiger partial charge in [0.2, 0.25) is 0 Å². The van der Waals surface area contributed by atoms with Gasteiger partial charge in [0.15, 0.2) is 0 Å². The summed E-state index contributed by atoms with van der Waals surface area (Å²) in [6.07, 6.45) is 0.0541. The second-order valence-electron chi connectivity index (χ2n) is 10.7. The molecule has 212 valence electrons. The van der Waals surface area contributed by atoms with Gasteiger partial charge in [0.25, 0.3) is 0 Å². The fourth-order valence-electron chi connectivity index (χ4n) is 5.80. The zero-order valence-electron chi connectivity index (χ0n) is 24.5. The zero-order chi connectivity index (χ0) is 28.2. The van der Waals surface area contributed by atoms with E-state index in [4.69, 9.17) is 9.47 Å². The molecule has 2 atom stereocenters. The molecule has 0 aliphatic carbocycles. The predicted molar refractivity (Wildman–Crippen MR) is 162 cm³/mol. The molecule has 0 radical (unpaired) electrons. The summed E-state index contributed by atoms with van der Waals surface area (Å²) in [6, 6.07) is 30.8. The first-order valence-corrected chi connectivity index (χ1v) is 13.8. The number of nitrogens with zero attached hydrogens (tertiary/aromatic N) is 2. The summed E-state index contributed by atoms with van der Waals surface area (Å²) >= 11 is 0. The topological polar surface area (TPSA) is 43.2 Å². The van der Waals surface area contributed by atoms with E-state index in [0.29, 0.717) is 24.9 Å². The minimum absolute atomic E-state index is 0. The Kier molecular flexibility index (Phi) is 9.99. The molecular formula is C36H36N2O2Pt. The third-order valence-electron chi connectivity index (χ3n) is 7.31. The molecule has 0 saturated heterocycles. The first kappa shape index (κ1) is 30.5. The molecule has 4 aromatic rings. The van der Waals surface area contributed by atoms with E-state index in [1.165, 1.54) is 44.5 Å². The van der Waals surface area contributed by atoms with E-state index in [9.17, 15) is 0 Å². The molecule has 0 N–H and O–H groups in total. The second kappa shape index (κ2) is 13.4. The molecule has 0 amide bonds. The Morgan fingerprint density at radius 2 is 0.951 bits per heavy atom. The predicted octanol–water partition coefficient (Wildman–Crippen LogP) is 7.86. The van der Waals surface area contributed by atoms with Crippen LogP contribution in [0.25, 0.3) is 0 Å². The number of ether oxygens (including phenoxy) is 2. The van der Waals surface area contributed by atoms with E-state index in [1.807, 2.05) is 48.5 Å². The van der Waals surface area contributed by atoms with Gasteiger partial charge in [-0.25, -0.2) is 0 Å². The van der Waals surface area contributed by atoms with Crippen molar-refractivity contribution in [2.45, 2.75) is 53.8 Å². The van der Waals surface area contributed by atoms with Gasteiger partial charge >= 0.3 is 21.1 Å². The van der Waals surface area contributed by atoms with Gasteiger partial charge in [-0.2, -0.15) is 0 Å². The maximum Gasteiger partial charge on any atom is 2.00 e. The van der Waals surface area contributed by atoms with Crippen molar-refractivity contribution in [1.29, 1.82) is 0 Å². The van der Waals surface area contributed by atoms with Crippen LogP contribution in [0.2, 0.25) is 0 Å². The van der Waals surface area contributed by atoms with Crippen LogP contribution in [0.1, 0.15) is 67.8 Å². The Hall–Kier alpha value is -3.49. The average molecular weight is 724 g/mol. The van der Waals surface area contributed by atoms with Crippen molar-refractivity contribution < 1.29 is 30.5 Å². The van der Waals surface area contributed by atoms with Crippen LogP contribution in [0.3, 0.4) is 0 Å². The van der Waals surface area contributed by atoms with Crippen LogP contribution in [0.4, 0.5) is 0 Å². The van der Waals surface area contributed by atoms with Gasteiger partial charge in [0.05, 0.1) is 13.1 Å². The van der Waals surface area contributed by atoms with Crippen LogP contribution in [-0.2, 0) is 30.5 Å². The van der Waals surface area contributed by atoms with Gasteiger partial charge in [0.1, 0.15) is 24.0 Å². The van der Waals surface area contributed by atoms with Crippen molar-refractivity contribution in [2.75, 3.05) is 13.1 Å². The fraction of sp³-hybridized carbons (Fsp3) is 0.278. The van der Waals surface area contributed by atoms with Crippen LogP contribution < -0.4 is 0 Å². The number of hydrogen-bond acceptors (Lipinski definition) is 4. The van der Waals surface area contributed by atoms with E-state index in [1.54, 1.807) is 0 Å². The Balaban J connectivity index is 0.000000184. The summed E-state index contributed by atoms with van der Waals surface area (Å²) in [4.78, 5) is 9.06. The standard InChI is InChI=1S/2C18H18NO.Pt/c2*1-12-9-13(2)17(14(3)10-12)16-11-19-18(20-16)15-7-5-4-6-8-15;/h2*4-7,9-10,16H,11H2,1-3H3;/q2*-1;+2. The first-order chi connectivity index (χ1) is 19.3. The monoisotopic (exact) mass is 723 g/mol. The van der Waals surface area contributed by atoms with Crippen molar-refractivity contribution in [1.82, 2.24) is 0 Å². The van der Waals surface area contributed by atoms with Crippen molar-refractivity contribution in [2.24, 2.45) is 9.98 Å². The normalized spacial score (nSPS) is 17.3. The molecule has 0 aromatic heterocycles. The molecule has 0 bridgehead atoms. The number of rotatable bonds is 4. The number of benzene rings is 4. The molecule has 6 rings (SSSR count). The molecule has 2 aliphatic rings. The van der Waals surface area contributed by atoms with Crippen molar-refractivity contribution in [3.05, 3.63) is 141 Å². The van der Waals surface area contributed by atoms with Crippen molar-refractivity contribution >= 4 is 11.8 Å². The van der Waals surface area contributed by atoms with Gasteiger partial charge in [-0.15, -0.1) is 60.7 Å². The van der Waals surface area contributed by atoms with Gasteiger partial charge in [-0.3, -0.25) is 9.98 Å². The van der Waals surface area contributed by atoms with Crippen molar-refractivity contribution in [3.8, 4) is 0 Å². The molecule has 0 saturated carbocycles. The van der Waals surface area contributed by atoms with Gasteiger partial charge < -0.3 is 9.47 Å². The quantitative estimate of drug-likeness (QED) is 0.202. The molecule has 41 heavy (non-hydrogen) atoms. The molecule has 4 nitrogen and oxygen atoms in total. The van der Waals surface area contributed by atoms with Crippen LogP contribution in [0.15, 0.2) is 82.8 Å². The fourth-order valence-corrected chi connectivity index (χ4v) is 5.80. The molecule has 5 heteroatoms. The number of aryl methyl sites for hydroxylation is 6. The summed E-state index contributed by atoms with van der Waals surface area (Å²) in [7, 11) is 0. The van der Waals surface area contributed by atoms with Gasteiger partial charge in [-0.05, 0) is 74.9 Å². The summed E-state index contributed by atoms with van der Waals surface area (Å²) in [5.74, 6) is 1.41. The first-order valence-electron chi connectivity index (χ1n) is 13.8. The summed E-state index contributed by atoms with van der Waals surface area (Å²) in [6.45, 7) is 14.2. The Bertz CT molecular complexity index is 1400. The zero-order valence-corrected chi connectivity index (χ0v) is 26.8. The van der Waals surface area contributed by atoms with E-state index in [2.05, 4.69) is 87.9 Å². The largest absolute Gasteiger partial charge is 2.00 e. The average Bonchev–Trinajstić information content (AvgIpc) is 3.60. The summed E-state index contributed by atoms with van der Waals surface area (Å²) < 4.78 is 12.1. The van der Waals surface area contributed by atoms with E-state index < -0.39 is 0 Å². The van der Waals surface area contributed by atoms with E-state index in [0.717, 1.165) is 11.1 Å². The van der Waals surface area contributed by atoms with Crippen LogP contribution in [-0.4, -0.2) is 24.9 Å². The van der Waals surface area contributed by atoms with Gasteiger partial charge in [-0.1, -0.05) is 46.5 Å². The molecule has 2 heterocycles. The smallest absolute Gasteiger partial charge is 0.510 e. The Morgan fingerprint density at radius 1 is 0.585 bits per heavy atom. The third kappa shape index (κ3) is 7.05. The third-order valence-corrected chi connectivity index (χ3v) is 7.31. The molecule has 2 aliphatic heterocycles. The number of hydrogen-bond donors (Lipinski definition) is 0. The van der Waals surface area contributed by atoms with Crippen LogP contribution in [0.5, 0.6) is 0 Å². The van der Waals surface area contributed by atoms with E-state index >= 15 is 0 Å². The summed E-state index contributed by atoms with van der Waals surface area (Å²) in [5.41, 5.74) is 12.1. The Labute approximate surface area is 258 Å². The molecule has 2 unspecified atom stereocenters. The molecule has 0 spiro atoms. The maximum absolute atomic E-state index is 6.05. The minimum atomic E-state index is 0. The number of aliphatic imine (C=N–C) groups is 2. The Morgan fingerprint density at radius 3 is 1.27 bits per heavy atom. The second-order valence-corrected chi connectivity index (χ2v) is 10.7. The van der Waals surface area contributed by atoms with Crippen molar-refractivity contribution in [3.63, 3.8) is 0 Å². The van der Waals surface area contributed by atoms with E-state index in [-0.39, 0.29) is 33.3 Å². The molecular weight excluding hydrogens is 687 g/mol. The molecule has 0 fully saturated rings.